The van der Waals surface area contributed by atoms with E-state index in [0.717, 1.165) is 30.1 Å². The average molecular weight is 281 g/mol. The number of aryl methyl sites for hydroxylation is 1. The molecule has 19 heavy (non-hydrogen) atoms. The van der Waals surface area contributed by atoms with Gasteiger partial charge in [-0.15, -0.1) is 11.3 Å². The van der Waals surface area contributed by atoms with Crippen molar-refractivity contribution >= 4 is 11.3 Å². The molecule has 1 unspecified atom stereocenters. The molecule has 2 rings (SSSR count). The molecule has 1 aliphatic rings. The summed E-state index contributed by atoms with van der Waals surface area (Å²) in [5, 5.41) is 10.8. The zero-order chi connectivity index (χ0) is 13.9. The summed E-state index contributed by atoms with van der Waals surface area (Å²) in [6, 6.07) is 4.24. The summed E-state index contributed by atoms with van der Waals surface area (Å²) in [7, 11) is 0. The van der Waals surface area contributed by atoms with Gasteiger partial charge in [-0.05, 0) is 50.2 Å². The molecule has 3 N–H and O–H groups in total. The van der Waals surface area contributed by atoms with Crippen molar-refractivity contribution in [3.05, 3.63) is 21.9 Å². The van der Waals surface area contributed by atoms with Gasteiger partial charge in [-0.25, -0.2) is 0 Å². The number of aliphatic hydroxyl groups excluding tert-OH is 1. The van der Waals surface area contributed by atoms with Crippen molar-refractivity contribution in [3.63, 3.8) is 0 Å². The minimum absolute atomic E-state index is 0.0818. The lowest BCUT2D eigenvalue weighted by molar-refractivity contribution is -0.00806. The third-order valence-electron chi connectivity index (χ3n) is 4.97. The van der Waals surface area contributed by atoms with Crippen LogP contribution in [-0.4, -0.2) is 11.7 Å². The molecule has 0 spiro atoms. The Hall–Kier alpha value is -0.380. The fourth-order valence-electron chi connectivity index (χ4n) is 3.28. The van der Waals surface area contributed by atoms with E-state index in [2.05, 4.69) is 26.0 Å². The van der Waals surface area contributed by atoms with Crippen LogP contribution in [-0.2, 0) is 6.42 Å². The van der Waals surface area contributed by atoms with Crippen LogP contribution in [0.1, 0.15) is 61.8 Å². The molecule has 1 aromatic heterocycles. The van der Waals surface area contributed by atoms with Gasteiger partial charge in [0.25, 0.3) is 0 Å². The van der Waals surface area contributed by atoms with Gasteiger partial charge in [0.15, 0.2) is 0 Å². The molecular formula is C16H27NOS. The second-order valence-electron chi connectivity index (χ2n) is 5.98. The highest BCUT2D eigenvalue weighted by Crippen LogP contribution is 2.48. The Balaban J connectivity index is 2.12. The van der Waals surface area contributed by atoms with Crippen molar-refractivity contribution in [1.29, 1.82) is 0 Å². The monoisotopic (exact) mass is 281 g/mol. The maximum absolute atomic E-state index is 10.8. The Kier molecular flexibility index (Phi) is 5.04. The Morgan fingerprint density at radius 3 is 2.53 bits per heavy atom. The molecule has 0 aliphatic heterocycles. The maximum atomic E-state index is 10.8. The summed E-state index contributed by atoms with van der Waals surface area (Å²) in [5.74, 6) is 0.835. The number of hydrogen-bond acceptors (Lipinski definition) is 3. The smallest absolute Gasteiger partial charge is 0.0950 e. The first-order valence-electron chi connectivity index (χ1n) is 7.62. The highest BCUT2D eigenvalue weighted by atomic mass is 32.1. The molecule has 108 valence electrons. The number of thiophene rings is 1. The van der Waals surface area contributed by atoms with Gasteiger partial charge in [0, 0.05) is 21.7 Å². The molecule has 1 fully saturated rings. The first kappa shape index (κ1) is 15.0. The molecule has 0 aromatic carbocycles. The van der Waals surface area contributed by atoms with Crippen molar-refractivity contribution in [2.75, 3.05) is 6.54 Å². The Labute approximate surface area is 121 Å². The molecule has 0 bridgehead atoms. The van der Waals surface area contributed by atoms with E-state index in [1.807, 2.05) is 0 Å². The molecule has 0 amide bonds. The summed E-state index contributed by atoms with van der Waals surface area (Å²) >= 11 is 1.75. The Morgan fingerprint density at radius 2 is 2.05 bits per heavy atom. The minimum Gasteiger partial charge on any atom is -0.387 e. The van der Waals surface area contributed by atoms with Gasteiger partial charge in [0.1, 0.15) is 0 Å². The second kappa shape index (κ2) is 6.38. The normalized spacial score (nSPS) is 29.4. The topological polar surface area (TPSA) is 46.2 Å². The van der Waals surface area contributed by atoms with E-state index < -0.39 is 0 Å². The predicted octanol–water partition coefficient (Wildman–Crippen LogP) is 3.89. The molecule has 1 aromatic rings. The lowest BCUT2D eigenvalue weighted by atomic mass is 9.66. The molecule has 1 saturated carbocycles. The van der Waals surface area contributed by atoms with Crippen molar-refractivity contribution in [3.8, 4) is 0 Å². The SMILES string of the molecule is CCc1ccc(C(O)C2(CN)CCC(CC)CC2)s1. The zero-order valence-corrected chi connectivity index (χ0v) is 13.0. The van der Waals surface area contributed by atoms with Crippen molar-refractivity contribution in [2.45, 2.75) is 58.5 Å². The molecule has 2 nitrogen and oxygen atoms in total. The number of nitrogens with two attached hydrogens (primary N) is 1. The molecule has 1 aliphatic carbocycles. The molecule has 1 heterocycles. The molecule has 3 heteroatoms. The molecule has 0 radical (unpaired) electrons. The summed E-state index contributed by atoms with van der Waals surface area (Å²) in [4.78, 5) is 2.46. The van der Waals surface area contributed by atoms with Crippen LogP contribution >= 0.6 is 11.3 Å². The van der Waals surface area contributed by atoms with Crippen LogP contribution in [0.2, 0.25) is 0 Å². The third kappa shape index (κ3) is 3.04. The van der Waals surface area contributed by atoms with E-state index in [9.17, 15) is 5.11 Å². The van der Waals surface area contributed by atoms with Crippen LogP contribution in [0.25, 0.3) is 0 Å². The molecule has 1 atom stereocenters. The maximum Gasteiger partial charge on any atom is 0.0950 e. The fourth-order valence-corrected chi connectivity index (χ4v) is 4.36. The van der Waals surface area contributed by atoms with Gasteiger partial charge in [-0.1, -0.05) is 20.3 Å². The molecule has 0 saturated heterocycles. The largest absolute Gasteiger partial charge is 0.387 e. The zero-order valence-electron chi connectivity index (χ0n) is 12.2. The fraction of sp³-hybridized carbons (Fsp3) is 0.750. The van der Waals surface area contributed by atoms with Crippen LogP contribution in [0.4, 0.5) is 0 Å². The van der Waals surface area contributed by atoms with Gasteiger partial charge in [-0.3, -0.25) is 0 Å². The Morgan fingerprint density at radius 1 is 1.37 bits per heavy atom. The third-order valence-corrected chi connectivity index (χ3v) is 6.25. The van der Waals surface area contributed by atoms with Crippen molar-refractivity contribution < 1.29 is 5.11 Å². The second-order valence-corrected chi connectivity index (χ2v) is 7.18. The van der Waals surface area contributed by atoms with Crippen molar-refractivity contribution in [2.24, 2.45) is 17.1 Å². The van der Waals surface area contributed by atoms with E-state index in [0.29, 0.717) is 6.54 Å². The number of hydrogen-bond donors (Lipinski definition) is 2. The van der Waals surface area contributed by atoms with Crippen LogP contribution < -0.4 is 5.73 Å². The quantitative estimate of drug-likeness (QED) is 0.860. The number of aliphatic hydroxyl groups is 1. The van der Waals surface area contributed by atoms with Gasteiger partial charge < -0.3 is 10.8 Å². The molecular weight excluding hydrogens is 254 g/mol. The van der Waals surface area contributed by atoms with Gasteiger partial charge >= 0.3 is 0 Å². The van der Waals surface area contributed by atoms with Crippen LogP contribution in [0.15, 0.2) is 12.1 Å². The van der Waals surface area contributed by atoms with E-state index in [1.54, 1.807) is 11.3 Å². The lowest BCUT2D eigenvalue weighted by Gasteiger charge is -2.42. The van der Waals surface area contributed by atoms with Gasteiger partial charge in [0.05, 0.1) is 6.10 Å². The van der Waals surface area contributed by atoms with E-state index in [4.69, 9.17) is 5.73 Å². The van der Waals surface area contributed by atoms with Crippen molar-refractivity contribution in [1.82, 2.24) is 0 Å². The van der Waals surface area contributed by atoms with E-state index in [1.165, 1.54) is 24.1 Å². The summed E-state index contributed by atoms with van der Waals surface area (Å²) in [6.07, 6.45) is 6.51. The highest BCUT2D eigenvalue weighted by Gasteiger charge is 2.41. The number of rotatable bonds is 5. The first-order valence-corrected chi connectivity index (χ1v) is 8.43. The van der Waals surface area contributed by atoms with Crippen LogP contribution in [0.5, 0.6) is 0 Å². The standard InChI is InChI=1S/C16H27NOS/c1-3-12-7-9-16(11-17,10-8-12)15(18)14-6-5-13(4-2)19-14/h5-6,12,15,18H,3-4,7-11,17H2,1-2H3. The Bertz CT molecular complexity index is 393. The summed E-state index contributed by atoms with van der Waals surface area (Å²) in [5.41, 5.74) is 5.97. The predicted molar refractivity (Wildman–Crippen MR) is 82.4 cm³/mol. The van der Waals surface area contributed by atoms with E-state index >= 15 is 0 Å². The first-order chi connectivity index (χ1) is 9.15. The van der Waals surface area contributed by atoms with Crippen LogP contribution in [0.3, 0.4) is 0 Å². The minimum atomic E-state index is -0.374. The summed E-state index contributed by atoms with van der Waals surface area (Å²) in [6.45, 7) is 5.03. The van der Waals surface area contributed by atoms with Gasteiger partial charge in [0.2, 0.25) is 0 Å². The lowest BCUT2D eigenvalue weighted by Crippen LogP contribution is -2.39. The van der Waals surface area contributed by atoms with Gasteiger partial charge in [-0.2, -0.15) is 0 Å². The van der Waals surface area contributed by atoms with E-state index in [-0.39, 0.29) is 11.5 Å². The summed E-state index contributed by atoms with van der Waals surface area (Å²) < 4.78 is 0. The average Bonchev–Trinajstić information content (AvgIpc) is 2.95. The highest BCUT2D eigenvalue weighted by molar-refractivity contribution is 7.12. The van der Waals surface area contributed by atoms with Crippen LogP contribution in [0, 0.1) is 11.3 Å².